The fourth-order valence-corrected chi connectivity index (χ4v) is 12.7. The molecule has 4 saturated carbocycles. The minimum atomic E-state index is 0.0929. The zero-order valence-electron chi connectivity index (χ0n) is 31.8. The maximum Gasteiger partial charge on any atom is 0.0543 e. The fourth-order valence-electron chi connectivity index (χ4n) is 12.7. The predicted molar refractivity (Wildman–Crippen MR) is 223 cm³/mol. The molecule has 4 fully saturated rings. The first-order valence-corrected chi connectivity index (χ1v) is 20.5. The molecule has 1 nitrogen and oxygen atoms in total. The van der Waals surface area contributed by atoms with Crippen LogP contribution in [-0.2, 0) is 16.2 Å². The van der Waals surface area contributed by atoms with Crippen molar-refractivity contribution in [1.29, 1.82) is 0 Å². The van der Waals surface area contributed by atoms with Crippen molar-refractivity contribution in [1.82, 2.24) is 0 Å². The van der Waals surface area contributed by atoms with Gasteiger partial charge in [-0.3, -0.25) is 0 Å². The number of benzene rings is 6. The third kappa shape index (κ3) is 4.49. The molecule has 0 amide bonds. The number of anilines is 3. The molecule has 1 spiro atoms. The van der Waals surface area contributed by atoms with Gasteiger partial charge in [0.1, 0.15) is 0 Å². The summed E-state index contributed by atoms with van der Waals surface area (Å²) >= 11 is 0. The summed E-state index contributed by atoms with van der Waals surface area (Å²) in [5, 5.41) is 2.57. The average Bonchev–Trinajstić information content (AvgIpc) is 3.45. The molecule has 0 heterocycles. The lowest BCUT2D eigenvalue weighted by Gasteiger charge is -2.61. The lowest BCUT2D eigenvalue weighted by Crippen LogP contribution is -2.55. The van der Waals surface area contributed by atoms with E-state index in [0.29, 0.717) is 11.8 Å². The molecule has 53 heavy (non-hydrogen) atoms. The standard InChI is InChI=1S/C52H51N/c1-50(2)23-24-51(3,4)47-30-39(21-22-45(47)50)53(48-20-12-16-35-15-8-9-17-40(35)48)49-32-46-43(31-42(49)36-13-6-5-7-14-36)41-18-10-11-19-44(41)52(46)37-26-33-25-34(28-37)29-38(52)27-33/h5-22,30-34,37-38H,23-29H2,1-4H3. The molecule has 0 unspecified atom stereocenters. The van der Waals surface area contributed by atoms with E-state index in [1.807, 2.05) is 0 Å². The van der Waals surface area contributed by atoms with Gasteiger partial charge in [0.05, 0.1) is 11.4 Å². The Labute approximate surface area is 316 Å². The van der Waals surface area contributed by atoms with Crippen LogP contribution in [-0.4, -0.2) is 0 Å². The van der Waals surface area contributed by atoms with Crippen molar-refractivity contribution in [3.05, 3.63) is 150 Å². The van der Waals surface area contributed by atoms with Crippen LogP contribution in [0.5, 0.6) is 0 Å². The van der Waals surface area contributed by atoms with Gasteiger partial charge in [0.15, 0.2) is 0 Å². The first-order valence-electron chi connectivity index (χ1n) is 20.5. The van der Waals surface area contributed by atoms with Gasteiger partial charge in [-0.25, -0.2) is 0 Å². The molecule has 0 atom stereocenters. The van der Waals surface area contributed by atoms with E-state index >= 15 is 0 Å². The molecule has 264 valence electrons. The molecular weight excluding hydrogens is 639 g/mol. The van der Waals surface area contributed by atoms with Gasteiger partial charge >= 0.3 is 0 Å². The Morgan fingerprint density at radius 2 is 1.13 bits per heavy atom. The highest BCUT2D eigenvalue weighted by Crippen LogP contribution is 2.70. The van der Waals surface area contributed by atoms with E-state index in [4.69, 9.17) is 0 Å². The van der Waals surface area contributed by atoms with E-state index < -0.39 is 0 Å². The van der Waals surface area contributed by atoms with Gasteiger partial charge in [0, 0.05) is 22.1 Å². The SMILES string of the molecule is CC1(C)CCC(C)(C)c2cc(N(c3cc4c(cc3-c3ccccc3)-c3ccccc3C43C4CC5CC(C4)CC3C5)c3cccc4ccccc34)ccc21. The number of rotatable bonds is 4. The van der Waals surface area contributed by atoms with E-state index in [-0.39, 0.29) is 16.2 Å². The lowest BCUT2D eigenvalue weighted by molar-refractivity contribution is -0.0399. The summed E-state index contributed by atoms with van der Waals surface area (Å²) in [4.78, 5) is 2.66. The van der Waals surface area contributed by atoms with E-state index in [9.17, 15) is 0 Å². The normalized spacial score (nSPS) is 26.7. The first-order chi connectivity index (χ1) is 25.7. The zero-order valence-corrected chi connectivity index (χ0v) is 31.8. The van der Waals surface area contributed by atoms with Crippen LogP contribution >= 0.6 is 0 Å². The van der Waals surface area contributed by atoms with Gasteiger partial charge in [-0.2, -0.15) is 0 Å². The lowest BCUT2D eigenvalue weighted by atomic mass is 9.43. The Bertz CT molecular complexity index is 2390. The van der Waals surface area contributed by atoms with Crippen LogP contribution in [0.4, 0.5) is 17.1 Å². The van der Waals surface area contributed by atoms with E-state index in [1.165, 1.54) is 106 Å². The smallest absolute Gasteiger partial charge is 0.0543 e. The third-order valence-corrected chi connectivity index (χ3v) is 15.1. The summed E-state index contributed by atoms with van der Waals surface area (Å²) in [6.45, 7) is 9.81. The Morgan fingerprint density at radius 1 is 0.472 bits per heavy atom. The molecule has 0 radical (unpaired) electrons. The van der Waals surface area contributed by atoms with E-state index in [0.717, 1.165) is 11.8 Å². The van der Waals surface area contributed by atoms with Crippen LogP contribution in [0, 0.1) is 23.7 Å². The highest BCUT2D eigenvalue weighted by molar-refractivity contribution is 6.02. The summed E-state index contributed by atoms with van der Waals surface area (Å²) in [6.07, 6.45) is 9.44. The second-order valence-electron chi connectivity index (χ2n) is 18.8. The molecule has 6 aliphatic carbocycles. The van der Waals surface area contributed by atoms with Crippen LogP contribution in [0.1, 0.15) is 94.9 Å². The molecule has 12 rings (SSSR count). The van der Waals surface area contributed by atoms with Crippen molar-refractivity contribution in [2.24, 2.45) is 23.7 Å². The highest BCUT2D eigenvalue weighted by atomic mass is 15.1. The van der Waals surface area contributed by atoms with Gasteiger partial charge in [-0.1, -0.05) is 125 Å². The largest absolute Gasteiger partial charge is 0.309 e. The molecule has 0 N–H and O–H groups in total. The van der Waals surface area contributed by atoms with E-state index in [2.05, 4.69) is 160 Å². The molecular formula is C52H51N. The van der Waals surface area contributed by atoms with E-state index in [1.54, 1.807) is 11.1 Å². The van der Waals surface area contributed by atoms with Crippen LogP contribution in [0.3, 0.4) is 0 Å². The molecule has 6 aromatic carbocycles. The van der Waals surface area contributed by atoms with Crippen molar-refractivity contribution >= 4 is 27.8 Å². The van der Waals surface area contributed by atoms with Crippen molar-refractivity contribution in [3.63, 3.8) is 0 Å². The zero-order chi connectivity index (χ0) is 35.7. The summed E-state index contributed by atoms with van der Waals surface area (Å²) in [7, 11) is 0. The number of nitrogens with zero attached hydrogens (tertiary/aromatic N) is 1. The van der Waals surface area contributed by atoms with Gasteiger partial charge in [-0.05, 0) is 154 Å². The highest BCUT2D eigenvalue weighted by Gasteiger charge is 2.61. The van der Waals surface area contributed by atoms with Gasteiger partial charge in [0.25, 0.3) is 0 Å². The predicted octanol–water partition coefficient (Wildman–Crippen LogP) is 14.0. The van der Waals surface area contributed by atoms with Crippen molar-refractivity contribution < 1.29 is 0 Å². The van der Waals surface area contributed by atoms with Crippen molar-refractivity contribution in [2.75, 3.05) is 4.90 Å². The van der Waals surface area contributed by atoms with Crippen LogP contribution < -0.4 is 4.90 Å². The third-order valence-electron chi connectivity index (χ3n) is 15.1. The molecule has 0 saturated heterocycles. The second kappa shape index (κ2) is 11.2. The van der Waals surface area contributed by atoms with Crippen LogP contribution in [0.25, 0.3) is 33.0 Å². The quantitative estimate of drug-likeness (QED) is 0.178. The average molecular weight is 690 g/mol. The Balaban J connectivity index is 1.24. The van der Waals surface area contributed by atoms with Gasteiger partial charge < -0.3 is 4.90 Å². The monoisotopic (exact) mass is 689 g/mol. The Hall–Kier alpha value is -4.62. The summed E-state index contributed by atoms with van der Waals surface area (Å²) < 4.78 is 0. The van der Waals surface area contributed by atoms with Crippen molar-refractivity contribution in [2.45, 2.75) is 88.9 Å². The Kier molecular flexibility index (Phi) is 6.74. The van der Waals surface area contributed by atoms with Crippen molar-refractivity contribution in [3.8, 4) is 22.3 Å². The summed E-state index contributed by atoms with van der Waals surface area (Å²) in [5.74, 6) is 3.26. The molecule has 6 aliphatic rings. The maximum absolute atomic E-state index is 2.72. The summed E-state index contributed by atoms with van der Waals surface area (Å²) in [5.41, 5.74) is 16.0. The molecule has 1 heteroatoms. The van der Waals surface area contributed by atoms with Crippen LogP contribution in [0.15, 0.2) is 127 Å². The fraction of sp³-hybridized carbons (Fsp3) is 0.346. The minimum absolute atomic E-state index is 0.0929. The van der Waals surface area contributed by atoms with Gasteiger partial charge in [0.2, 0.25) is 0 Å². The maximum atomic E-state index is 2.72. The number of fused-ring (bicyclic) bond motifs is 5. The number of hydrogen-bond donors (Lipinski definition) is 0. The molecule has 4 bridgehead atoms. The molecule has 0 aromatic heterocycles. The molecule has 0 aliphatic heterocycles. The minimum Gasteiger partial charge on any atom is -0.309 e. The topological polar surface area (TPSA) is 3.24 Å². The molecule has 6 aromatic rings. The number of hydrogen-bond acceptors (Lipinski definition) is 1. The Morgan fingerprint density at radius 3 is 1.91 bits per heavy atom. The first kappa shape index (κ1) is 31.9. The van der Waals surface area contributed by atoms with Crippen LogP contribution in [0.2, 0.25) is 0 Å². The second-order valence-corrected chi connectivity index (χ2v) is 18.8. The summed E-state index contributed by atoms with van der Waals surface area (Å²) in [6, 6.07) is 49.5. The van der Waals surface area contributed by atoms with Gasteiger partial charge in [-0.15, -0.1) is 0 Å².